The Hall–Kier alpha value is -1.77. The summed E-state index contributed by atoms with van der Waals surface area (Å²) in [4.78, 5) is 39.8. The van der Waals surface area contributed by atoms with Crippen molar-refractivity contribution in [2.45, 2.75) is 18.9 Å². The van der Waals surface area contributed by atoms with Crippen LogP contribution in [-0.2, 0) is 9.53 Å². The van der Waals surface area contributed by atoms with Gasteiger partial charge in [-0.3, -0.25) is 19.3 Å². The quantitative estimate of drug-likeness (QED) is 0.732. The Balaban J connectivity index is 1.57. The van der Waals surface area contributed by atoms with E-state index < -0.39 is 0 Å². The largest absolute Gasteiger partial charge is 0.394 e. The number of fused-ring (bicyclic) bond motifs is 1. The summed E-state index contributed by atoms with van der Waals surface area (Å²) in [7, 11) is 0. The number of rotatable bonds is 5. The molecule has 2 aliphatic heterocycles. The smallest absolute Gasteiger partial charge is 0.261 e. The second-order valence-electron chi connectivity index (χ2n) is 6.05. The molecule has 1 saturated heterocycles. The van der Waals surface area contributed by atoms with Crippen molar-refractivity contribution in [2.24, 2.45) is 0 Å². The van der Waals surface area contributed by atoms with Gasteiger partial charge in [0.25, 0.3) is 11.8 Å². The molecule has 2 aliphatic rings. The maximum absolute atomic E-state index is 12.4. The van der Waals surface area contributed by atoms with Gasteiger partial charge >= 0.3 is 0 Å². The number of benzene rings is 1. The van der Waals surface area contributed by atoms with E-state index in [-0.39, 0.29) is 43.3 Å². The topological polar surface area (TPSA) is 87.2 Å². The van der Waals surface area contributed by atoms with Gasteiger partial charge in [0.15, 0.2) is 0 Å². The fourth-order valence-corrected chi connectivity index (χ4v) is 3.49. The van der Waals surface area contributed by atoms with Crippen LogP contribution in [0.3, 0.4) is 0 Å². The molecule has 0 aromatic heterocycles. The van der Waals surface area contributed by atoms with E-state index in [4.69, 9.17) is 4.74 Å². The summed E-state index contributed by atoms with van der Waals surface area (Å²) in [5, 5.41) is 9.33. The Labute approximate surface area is 153 Å². The number of nitrogens with zero attached hydrogens (tertiary/aromatic N) is 2. The zero-order valence-corrected chi connectivity index (χ0v) is 15.2. The highest BCUT2D eigenvalue weighted by atomic mass is 79.9. The molecule has 1 N–H and O–H groups in total. The maximum Gasteiger partial charge on any atom is 0.261 e. The number of aliphatic hydroxyl groups is 1. The minimum atomic E-state index is -0.326. The number of halogens is 1. The molecule has 8 heteroatoms. The normalized spacial score (nSPS) is 20.2. The van der Waals surface area contributed by atoms with Gasteiger partial charge in [0.05, 0.1) is 37.0 Å². The molecule has 25 heavy (non-hydrogen) atoms. The summed E-state index contributed by atoms with van der Waals surface area (Å²) in [6, 6.07) is 4.67. The zero-order chi connectivity index (χ0) is 18.0. The molecule has 0 spiro atoms. The molecule has 7 nitrogen and oxygen atoms in total. The van der Waals surface area contributed by atoms with Crippen molar-refractivity contribution >= 4 is 33.7 Å². The van der Waals surface area contributed by atoms with Crippen LogP contribution in [0.25, 0.3) is 0 Å². The van der Waals surface area contributed by atoms with Crippen LogP contribution in [0.15, 0.2) is 22.7 Å². The van der Waals surface area contributed by atoms with Crippen molar-refractivity contribution in [1.82, 2.24) is 9.80 Å². The van der Waals surface area contributed by atoms with Crippen LogP contribution in [0.4, 0.5) is 0 Å². The van der Waals surface area contributed by atoms with E-state index in [9.17, 15) is 19.5 Å². The average Bonchev–Trinajstić information content (AvgIpc) is 2.85. The first-order valence-corrected chi connectivity index (χ1v) is 8.96. The zero-order valence-electron chi connectivity index (χ0n) is 13.6. The van der Waals surface area contributed by atoms with Crippen LogP contribution in [0.5, 0.6) is 0 Å². The van der Waals surface area contributed by atoms with E-state index in [0.717, 1.165) is 4.47 Å². The number of carbonyl (C=O) groups excluding carboxylic acids is 3. The third-order valence-electron chi connectivity index (χ3n) is 4.46. The number of aliphatic hydroxyl groups excluding tert-OH is 1. The third kappa shape index (κ3) is 3.61. The Kier molecular flexibility index (Phi) is 5.51. The number of hydrogen-bond acceptors (Lipinski definition) is 5. The van der Waals surface area contributed by atoms with Gasteiger partial charge in [-0.05, 0) is 24.6 Å². The lowest BCUT2D eigenvalue weighted by Gasteiger charge is -2.34. The number of hydrogen-bond donors (Lipinski definition) is 1. The van der Waals surface area contributed by atoms with Crippen molar-refractivity contribution in [3.8, 4) is 0 Å². The molecule has 2 heterocycles. The Morgan fingerprint density at radius 3 is 2.80 bits per heavy atom. The second-order valence-corrected chi connectivity index (χ2v) is 6.97. The molecule has 134 valence electrons. The van der Waals surface area contributed by atoms with Crippen LogP contribution in [0, 0.1) is 0 Å². The van der Waals surface area contributed by atoms with Crippen molar-refractivity contribution in [3.63, 3.8) is 0 Å². The lowest BCUT2D eigenvalue weighted by molar-refractivity contribution is -0.141. The molecule has 1 aromatic rings. The van der Waals surface area contributed by atoms with E-state index in [0.29, 0.717) is 37.3 Å². The lowest BCUT2D eigenvalue weighted by Crippen LogP contribution is -2.50. The predicted octanol–water partition coefficient (Wildman–Crippen LogP) is 1.04. The predicted molar refractivity (Wildman–Crippen MR) is 92.1 cm³/mol. The molecule has 3 amide bonds. The standard InChI is InChI=1S/C17H19BrN2O5/c18-11-3-4-13-14(8-11)17(24)20(16(13)23)5-1-2-15(22)19-6-7-25-10-12(19)9-21/h3-4,8,12,21H,1-2,5-7,9-10H2. The summed E-state index contributed by atoms with van der Waals surface area (Å²) >= 11 is 3.30. The van der Waals surface area contributed by atoms with Gasteiger partial charge in [0.1, 0.15) is 0 Å². The lowest BCUT2D eigenvalue weighted by atomic mass is 10.1. The molecule has 1 aromatic carbocycles. The SMILES string of the molecule is O=C1c2ccc(Br)cc2C(=O)N1CCCC(=O)N1CCOCC1CO. The minimum absolute atomic E-state index is 0.0956. The van der Waals surface area contributed by atoms with Gasteiger partial charge in [0, 0.05) is 24.0 Å². The molecule has 1 unspecified atom stereocenters. The second kappa shape index (κ2) is 7.63. The van der Waals surface area contributed by atoms with Gasteiger partial charge in [-0.25, -0.2) is 0 Å². The first-order valence-electron chi connectivity index (χ1n) is 8.16. The van der Waals surface area contributed by atoms with Gasteiger partial charge in [0.2, 0.25) is 5.91 Å². The average molecular weight is 411 g/mol. The molecular weight excluding hydrogens is 392 g/mol. The Morgan fingerprint density at radius 2 is 2.04 bits per heavy atom. The summed E-state index contributed by atoms with van der Waals surface area (Å²) in [6.45, 7) is 1.29. The molecule has 1 fully saturated rings. The van der Waals surface area contributed by atoms with Crippen LogP contribution < -0.4 is 0 Å². The highest BCUT2D eigenvalue weighted by molar-refractivity contribution is 9.10. The Morgan fingerprint density at radius 1 is 1.28 bits per heavy atom. The van der Waals surface area contributed by atoms with Gasteiger partial charge in [-0.1, -0.05) is 15.9 Å². The number of morpholine rings is 1. The fraction of sp³-hybridized carbons (Fsp3) is 0.471. The summed E-state index contributed by atoms with van der Waals surface area (Å²) < 4.78 is 6.00. The van der Waals surface area contributed by atoms with Crippen molar-refractivity contribution < 1.29 is 24.2 Å². The summed E-state index contributed by atoms with van der Waals surface area (Å²) in [5.41, 5.74) is 0.785. The minimum Gasteiger partial charge on any atom is -0.394 e. The molecule has 0 bridgehead atoms. The molecular formula is C17H19BrN2O5. The monoisotopic (exact) mass is 410 g/mol. The fourth-order valence-electron chi connectivity index (χ4n) is 3.13. The van der Waals surface area contributed by atoms with Crippen molar-refractivity contribution in [1.29, 1.82) is 0 Å². The molecule has 3 rings (SSSR count). The van der Waals surface area contributed by atoms with Crippen LogP contribution in [-0.4, -0.2) is 71.6 Å². The third-order valence-corrected chi connectivity index (χ3v) is 4.96. The first kappa shape index (κ1) is 18.0. The van der Waals surface area contributed by atoms with E-state index in [1.165, 1.54) is 4.90 Å². The molecule has 0 saturated carbocycles. The van der Waals surface area contributed by atoms with Crippen LogP contribution >= 0.6 is 15.9 Å². The van der Waals surface area contributed by atoms with E-state index in [1.54, 1.807) is 23.1 Å². The molecule has 1 atom stereocenters. The molecule has 0 radical (unpaired) electrons. The highest BCUT2D eigenvalue weighted by Gasteiger charge is 2.35. The number of ether oxygens (including phenoxy) is 1. The van der Waals surface area contributed by atoms with E-state index >= 15 is 0 Å². The maximum atomic E-state index is 12.4. The van der Waals surface area contributed by atoms with E-state index in [2.05, 4.69) is 15.9 Å². The van der Waals surface area contributed by atoms with Crippen molar-refractivity contribution in [3.05, 3.63) is 33.8 Å². The highest BCUT2D eigenvalue weighted by Crippen LogP contribution is 2.26. The number of amides is 3. The van der Waals surface area contributed by atoms with Crippen molar-refractivity contribution in [2.75, 3.05) is 32.9 Å². The van der Waals surface area contributed by atoms with Gasteiger partial charge < -0.3 is 14.7 Å². The Bertz CT molecular complexity index is 708. The number of imide groups is 1. The first-order chi connectivity index (χ1) is 12.0. The summed E-state index contributed by atoms with van der Waals surface area (Å²) in [6.07, 6.45) is 0.606. The molecule has 0 aliphatic carbocycles. The van der Waals surface area contributed by atoms with Crippen LogP contribution in [0.2, 0.25) is 0 Å². The van der Waals surface area contributed by atoms with E-state index in [1.807, 2.05) is 0 Å². The van der Waals surface area contributed by atoms with Gasteiger partial charge in [-0.2, -0.15) is 0 Å². The van der Waals surface area contributed by atoms with Crippen LogP contribution in [0.1, 0.15) is 33.6 Å². The number of carbonyl (C=O) groups is 3. The van der Waals surface area contributed by atoms with Gasteiger partial charge in [-0.15, -0.1) is 0 Å². The summed E-state index contributed by atoms with van der Waals surface area (Å²) in [5.74, 6) is -0.741.